The predicted octanol–water partition coefficient (Wildman–Crippen LogP) is 5.00. The first-order chi connectivity index (χ1) is 9.63. The van der Waals surface area contributed by atoms with Gasteiger partial charge in [0.2, 0.25) is 0 Å². The zero-order chi connectivity index (χ0) is 14.8. The lowest BCUT2D eigenvalue weighted by molar-refractivity contribution is -0.137. The van der Waals surface area contributed by atoms with E-state index in [0.29, 0.717) is 6.42 Å². The number of rotatable bonds is 9. The molecule has 1 rings (SSSR count). The fraction of sp³-hybridized carbons (Fsp3) is 0.500. The van der Waals surface area contributed by atoms with Crippen LogP contribution in [0.15, 0.2) is 24.3 Å². The van der Waals surface area contributed by atoms with Crippen LogP contribution in [0.2, 0.25) is 0 Å². The Morgan fingerprint density at radius 1 is 1.15 bits per heavy atom. The highest BCUT2D eigenvalue weighted by Gasteiger charge is 2.01. The van der Waals surface area contributed by atoms with Crippen molar-refractivity contribution in [3.63, 3.8) is 0 Å². The molecule has 0 saturated heterocycles. The Morgan fingerprint density at radius 3 is 2.55 bits per heavy atom. The monoisotopic (exact) mass is 274 g/mol. The summed E-state index contributed by atoms with van der Waals surface area (Å²) in [6.45, 7) is 4.17. The number of allylic oxidation sites excluding steroid dienone is 1. The second kappa shape index (κ2) is 9.35. The molecular formula is C18H26O2. The van der Waals surface area contributed by atoms with Gasteiger partial charge in [-0.3, -0.25) is 4.79 Å². The Bertz CT molecular complexity index is 447. The van der Waals surface area contributed by atoms with Crippen LogP contribution in [0.25, 0.3) is 6.08 Å². The van der Waals surface area contributed by atoms with E-state index in [0.717, 1.165) is 25.7 Å². The van der Waals surface area contributed by atoms with E-state index in [4.69, 9.17) is 5.11 Å². The molecule has 0 aliphatic rings. The summed E-state index contributed by atoms with van der Waals surface area (Å²) in [5.41, 5.74) is 4.05. The molecule has 0 amide bonds. The van der Waals surface area contributed by atoms with Gasteiger partial charge < -0.3 is 5.11 Å². The van der Waals surface area contributed by atoms with E-state index in [1.165, 1.54) is 29.5 Å². The molecule has 0 unspecified atom stereocenters. The zero-order valence-corrected chi connectivity index (χ0v) is 12.7. The number of carboxylic acids is 1. The molecule has 110 valence electrons. The van der Waals surface area contributed by atoms with E-state index in [-0.39, 0.29) is 0 Å². The fourth-order valence-corrected chi connectivity index (χ4v) is 2.40. The number of aryl methyl sites for hydroxylation is 2. The number of unbranched alkanes of at least 4 members (excludes halogenated alkanes) is 4. The number of carbonyl (C=O) groups is 1. The van der Waals surface area contributed by atoms with Crippen molar-refractivity contribution in [2.45, 2.75) is 58.8 Å². The van der Waals surface area contributed by atoms with Crippen LogP contribution in [0.4, 0.5) is 0 Å². The summed E-state index contributed by atoms with van der Waals surface area (Å²) < 4.78 is 0. The van der Waals surface area contributed by atoms with Crippen molar-refractivity contribution in [3.8, 4) is 0 Å². The van der Waals surface area contributed by atoms with Crippen molar-refractivity contribution in [3.05, 3.63) is 41.0 Å². The molecular weight excluding hydrogens is 248 g/mol. The lowest BCUT2D eigenvalue weighted by Crippen LogP contribution is -1.94. The van der Waals surface area contributed by atoms with Crippen molar-refractivity contribution in [2.24, 2.45) is 0 Å². The minimum atomic E-state index is -0.680. The summed E-state index contributed by atoms with van der Waals surface area (Å²) in [5.74, 6) is -0.680. The Hall–Kier alpha value is -1.57. The van der Waals surface area contributed by atoms with Gasteiger partial charge in [0.15, 0.2) is 0 Å². The van der Waals surface area contributed by atoms with Crippen LogP contribution in [0, 0.1) is 6.92 Å². The minimum Gasteiger partial charge on any atom is -0.481 e. The van der Waals surface area contributed by atoms with Crippen LogP contribution in [0.1, 0.15) is 62.1 Å². The van der Waals surface area contributed by atoms with Gasteiger partial charge in [0.25, 0.3) is 0 Å². The molecule has 20 heavy (non-hydrogen) atoms. The zero-order valence-electron chi connectivity index (χ0n) is 12.7. The second-order valence-electron chi connectivity index (χ2n) is 5.36. The SMILES string of the molecule is CC=Cc1cc(C)ccc1CCCCCCCC(=O)O. The summed E-state index contributed by atoms with van der Waals surface area (Å²) in [7, 11) is 0. The number of aliphatic carboxylic acids is 1. The van der Waals surface area contributed by atoms with Crippen LogP contribution < -0.4 is 0 Å². The van der Waals surface area contributed by atoms with Crippen LogP contribution in [0.5, 0.6) is 0 Å². The molecule has 0 heterocycles. The molecule has 1 aromatic rings. The van der Waals surface area contributed by atoms with Gasteiger partial charge >= 0.3 is 5.97 Å². The summed E-state index contributed by atoms with van der Waals surface area (Å²) in [4.78, 5) is 10.4. The van der Waals surface area contributed by atoms with Gasteiger partial charge in [-0.15, -0.1) is 0 Å². The fourth-order valence-electron chi connectivity index (χ4n) is 2.40. The second-order valence-corrected chi connectivity index (χ2v) is 5.36. The lowest BCUT2D eigenvalue weighted by Gasteiger charge is -2.07. The molecule has 0 aliphatic carbocycles. The molecule has 0 fully saturated rings. The molecule has 0 aromatic heterocycles. The molecule has 1 N–H and O–H groups in total. The lowest BCUT2D eigenvalue weighted by atomic mass is 9.98. The third-order valence-corrected chi connectivity index (χ3v) is 3.48. The normalized spacial score (nSPS) is 11.1. The molecule has 0 atom stereocenters. The molecule has 0 bridgehead atoms. The van der Waals surface area contributed by atoms with Crippen LogP contribution >= 0.6 is 0 Å². The number of hydrogen-bond donors (Lipinski definition) is 1. The highest BCUT2D eigenvalue weighted by molar-refractivity contribution is 5.66. The summed E-state index contributed by atoms with van der Waals surface area (Å²) in [5, 5.41) is 8.56. The van der Waals surface area contributed by atoms with Crippen LogP contribution in [-0.4, -0.2) is 11.1 Å². The maximum Gasteiger partial charge on any atom is 0.303 e. The van der Waals surface area contributed by atoms with E-state index in [2.05, 4.69) is 44.2 Å². The smallest absolute Gasteiger partial charge is 0.303 e. The summed E-state index contributed by atoms with van der Waals surface area (Å²) in [6, 6.07) is 6.65. The minimum absolute atomic E-state index is 0.309. The van der Waals surface area contributed by atoms with E-state index in [1.807, 2.05) is 0 Å². The van der Waals surface area contributed by atoms with E-state index in [9.17, 15) is 4.79 Å². The maximum atomic E-state index is 10.4. The average Bonchev–Trinajstić information content (AvgIpc) is 2.40. The van der Waals surface area contributed by atoms with Crippen molar-refractivity contribution in [1.29, 1.82) is 0 Å². The number of hydrogen-bond acceptors (Lipinski definition) is 1. The number of benzene rings is 1. The van der Waals surface area contributed by atoms with Gasteiger partial charge in [0, 0.05) is 6.42 Å². The van der Waals surface area contributed by atoms with E-state index in [1.54, 1.807) is 0 Å². The third-order valence-electron chi connectivity index (χ3n) is 3.48. The summed E-state index contributed by atoms with van der Waals surface area (Å²) in [6.07, 6.45) is 11.0. The topological polar surface area (TPSA) is 37.3 Å². The Labute approximate surface area is 122 Å². The van der Waals surface area contributed by atoms with Gasteiger partial charge in [-0.2, -0.15) is 0 Å². The van der Waals surface area contributed by atoms with Crippen LogP contribution in [0.3, 0.4) is 0 Å². The Morgan fingerprint density at radius 2 is 1.85 bits per heavy atom. The van der Waals surface area contributed by atoms with Crippen LogP contribution in [-0.2, 0) is 11.2 Å². The highest BCUT2D eigenvalue weighted by atomic mass is 16.4. The van der Waals surface area contributed by atoms with Crippen molar-refractivity contribution >= 4 is 12.0 Å². The Balaban J connectivity index is 2.30. The van der Waals surface area contributed by atoms with E-state index < -0.39 is 5.97 Å². The summed E-state index contributed by atoms with van der Waals surface area (Å²) >= 11 is 0. The quantitative estimate of drug-likeness (QED) is 0.644. The molecule has 2 heteroatoms. The largest absolute Gasteiger partial charge is 0.481 e. The van der Waals surface area contributed by atoms with Crippen molar-refractivity contribution < 1.29 is 9.90 Å². The van der Waals surface area contributed by atoms with Crippen molar-refractivity contribution in [1.82, 2.24) is 0 Å². The van der Waals surface area contributed by atoms with Gasteiger partial charge in [-0.1, -0.05) is 55.2 Å². The third kappa shape index (κ3) is 6.55. The highest BCUT2D eigenvalue weighted by Crippen LogP contribution is 2.17. The maximum absolute atomic E-state index is 10.4. The first-order valence-corrected chi connectivity index (χ1v) is 7.57. The first kappa shape index (κ1) is 16.5. The standard InChI is InChI=1S/C18H26O2/c1-3-9-17-14-15(2)12-13-16(17)10-7-5-4-6-8-11-18(19)20/h3,9,12-14H,4-8,10-11H2,1-2H3,(H,19,20). The molecule has 0 spiro atoms. The van der Waals surface area contributed by atoms with Gasteiger partial charge in [0.05, 0.1) is 0 Å². The first-order valence-electron chi connectivity index (χ1n) is 7.57. The number of carboxylic acid groups (broad SMARTS) is 1. The molecule has 2 nitrogen and oxygen atoms in total. The van der Waals surface area contributed by atoms with Gasteiger partial charge in [-0.05, 0) is 44.2 Å². The molecule has 0 saturated carbocycles. The average molecular weight is 274 g/mol. The van der Waals surface area contributed by atoms with Gasteiger partial charge in [-0.25, -0.2) is 0 Å². The van der Waals surface area contributed by atoms with E-state index >= 15 is 0 Å². The molecule has 1 aromatic carbocycles. The van der Waals surface area contributed by atoms with Crippen molar-refractivity contribution in [2.75, 3.05) is 0 Å². The predicted molar refractivity (Wildman–Crippen MR) is 84.9 cm³/mol. The van der Waals surface area contributed by atoms with Gasteiger partial charge in [0.1, 0.15) is 0 Å². The molecule has 0 radical (unpaired) electrons. The Kier molecular flexibility index (Phi) is 7.71. The molecule has 0 aliphatic heterocycles.